The van der Waals surface area contributed by atoms with Crippen molar-refractivity contribution in [2.75, 3.05) is 16.3 Å². The van der Waals surface area contributed by atoms with Crippen molar-refractivity contribution >= 4 is 39.9 Å². The van der Waals surface area contributed by atoms with Crippen LogP contribution in [-0.2, 0) is 0 Å². The summed E-state index contributed by atoms with van der Waals surface area (Å²) in [6.07, 6.45) is 2.35. The van der Waals surface area contributed by atoms with E-state index < -0.39 is 11.4 Å². The lowest BCUT2D eigenvalue weighted by atomic mass is 9.93. The lowest BCUT2D eigenvalue weighted by Gasteiger charge is -2.50. The average molecular weight is 418 g/mol. The van der Waals surface area contributed by atoms with Crippen LogP contribution in [-0.4, -0.2) is 28.6 Å². The Bertz CT molecular complexity index is 1300. The van der Waals surface area contributed by atoms with E-state index in [4.69, 9.17) is 0 Å². The molecular formula is C24H20F2N4O. The first-order chi connectivity index (χ1) is 14.9. The van der Waals surface area contributed by atoms with E-state index >= 15 is 4.39 Å². The summed E-state index contributed by atoms with van der Waals surface area (Å²) in [6.45, 7) is 4.50. The fourth-order valence-corrected chi connectivity index (χ4v) is 4.37. The summed E-state index contributed by atoms with van der Waals surface area (Å²) in [7, 11) is 0. The predicted molar refractivity (Wildman–Crippen MR) is 118 cm³/mol. The van der Waals surface area contributed by atoms with E-state index in [9.17, 15) is 9.18 Å². The molecule has 0 spiro atoms. The maximum absolute atomic E-state index is 15.8. The third kappa shape index (κ3) is 3.04. The van der Waals surface area contributed by atoms with Crippen molar-refractivity contribution in [3.05, 3.63) is 78.0 Å². The van der Waals surface area contributed by atoms with Crippen molar-refractivity contribution in [3.63, 3.8) is 0 Å². The van der Waals surface area contributed by atoms with Crippen LogP contribution < -0.4 is 9.80 Å². The number of anilines is 4. The van der Waals surface area contributed by atoms with Gasteiger partial charge in [0.2, 0.25) is 0 Å². The standard InChI is InChI=1S/C24H20F2N4O/c1-24(2)14-29(18-8-6-15(13-31)7-9-18)23-20(10-16-12-27-28-22(16)21(23)26)30(24)19-5-3-4-17(25)11-19/h3-13H,14H2,1-2H3,(H,27,28). The van der Waals surface area contributed by atoms with Crippen LogP contribution in [0.2, 0.25) is 0 Å². The van der Waals surface area contributed by atoms with Crippen LogP contribution in [0.4, 0.5) is 31.5 Å². The Labute approximate surface area is 177 Å². The van der Waals surface area contributed by atoms with Gasteiger partial charge in [0.05, 0.1) is 17.4 Å². The van der Waals surface area contributed by atoms with Gasteiger partial charge in [-0.3, -0.25) is 9.89 Å². The molecule has 1 N–H and O–H groups in total. The van der Waals surface area contributed by atoms with Gasteiger partial charge in [0.25, 0.3) is 0 Å². The minimum atomic E-state index is -0.506. The number of fused-ring (bicyclic) bond motifs is 2. The van der Waals surface area contributed by atoms with Crippen molar-refractivity contribution in [2.45, 2.75) is 19.4 Å². The second-order valence-electron chi connectivity index (χ2n) is 8.32. The molecule has 1 aliphatic heterocycles. The van der Waals surface area contributed by atoms with Crippen molar-refractivity contribution in [1.29, 1.82) is 0 Å². The summed E-state index contributed by atoms with van der Waals surface area (Å²) >= 11 is 0. The van der Waals surface area contributed by atoms with Crippen molar-refractivity contribution in [3.8, 4) is 0 Å². The fourth-order valence-electron chi connectivity index (χ4n) is 4.37. The van der Waals surface area contributed by atoms with Gasteiger partial charge in [-0.15, -0.1) is 0 Å². The maximum Gasteiger partial charge on any atom is 0.174 e. The van der Waals surface area contributed by atoms with Crippen LogP contribution in [0.1, 0.15) is 24.2 Å². The number of nitrogens with one attached hydrogen (secondary N) is 1. The van der Waals surface area contributed by atoms with E-state index in [1.54, 1.807) is 36.5 Å². The monoisotopic (exact) mass is 418 g/mol. The predicted octanol–water partition coefficient (Wildman–Crippen LogP) is 5.72. The number of halogens is 2. The minimum absolute atomic E-state index is 0.312. The largest absolute Gasteiger partial charge is 0.335 e. The molecule has 156 valence electrons. The number of rotatable bonds is 3. The number of carbonyl (C=O) groups excluding carboxylic acids is 1. The summed E-state index contributed by atoms with van der Waals surface area (Å²) in [5.74, 6) is -0.784. The highest BCUT2D eigenvalue weighted by molar-refractivity contribution is 5.96. The molecule has 0 aliphatic carbocycles. The highest BCUT2D eigenvalue weighted by atomic mass is 19.1. The Balaban J connectivity index is 1.79. The van der Waals surface area contributed by atoms with Crippen molar-refractivity contribution < 1.29 is 13.6 Å². The quantitative estimate of drug-likeness (QED) is 0.432. The molecular weight excluding hydrogens is 398 g/mol. The molecule has 0 fully saturated rings. The molecule has 0 saturated carbocycles. The molecule has 5 rings (SSSR count). The molecule has 0 amide bonds. The molecule has 7 heteroatoms. The Morgan fingerprint density at radius 3 is 2.55 bits per heavy atom. The molecule has 1 aliphatic rings. The van der Waals surface area contributed by atoms with Gasteiger partial charge < -0.3 is 9.80 Å². The molecule has 2 heterocycles. The van der Waals surface area contributed by atoms with E-state index in [-0.39, 0.29) is 5.82 Å². The topological polar surface area (TPSA) is 52.2 Å². The molecule has 31 heavy (non-hydrogen) atoms. The number of hydrogen-bond acceptors (Lipinski definition) is 4. The first-order valence-electron chi connectivity index (χ1n) is 9.93. The second-order valence-corrected chi connectivity index (χ2v) is 8.32. The van der Waals surface area contributed by atoms with Crippen LogP contribution >= 0.6 is 0 Å². The van der Waals surface area contributed by atoms with Gasteiger partial charge in [0.1, 0.15) is 23.3 Å². The summed E-state index contributed by atoms with van der Waals surface area (Å²) < 4.78 is 29.9. The van der Waals surface area contributed by atoms with Crippen molar-refractivity contribution in [2.24, 2.45) is 0 Å². The third-order valence-electron chi connectivity index (χ3n) is 5.70. The molecule has 0 saturated heterocycles. The lowest BCUT2D eigenvalue weighted by molar-refractivity contribution is 0.112. The summed E-state index contributed by atoms with van der Waals surface area (Å²) in [6, 6.07) is 15.2. The van der Waals surface area contributed by atoms with Crippen LogP contribution in [0.15, 0.2) is 60.8 Å². The van der Waals surface area contributed by atoms with Gasteiger partial charge in [-0.05, 0) is 62.4 Å². The molecule has 5 nitrogen and oxygen atoms in total. The maximum atomic E-state index is 15.8. The zero-order chi connectivity index (χ0) is 21.8. The van der Waals surface area contributed by atoms with E-state index in [1.807, 2.05) is 35.8 Å². The highest BCUT2D eigenvalue weighted by Crippen LogP contribution is 2.49. The van der Waals surface area contributed by atoms with E-state index in [0.29, 0.717) is 40.1 Å². The van der Waals surface area contributed by atoms with Gasteiger partial charge >= 0.3 is 0 Å². The third-order valence-corrected chi connectivity index (χ3v) is 5.70. The smallest absolute Gasteiger partial charge is 0.174 e. The Morgan fingerprint density at radius 1 is 1.06 bits per heavy atom. The van der Waals surface area contributed by atoms with Gasteiger partial charge in [-0.25, -0.2) is 8.78 Å². The number of hydrogen-bond donors (Lipinski definition) is 1. The number of aromatic nitrogens is 2. The van der Waals surface area contributed by atoms with Gasteiger partial charge in [0.15, 0.2) is 5.82 Å². The molecule has 4 aromatic rings. The number of nitrogens with zero attached hydrogens (tertiary/aromatic N) is 3. The molecule has 0 radical (unpaired) electrons. The van der Waals surface area contributed by atoms with E-state index in [2.05, 4.69) is 10.2 Å². The zero-order valence-corrected chi connectivity index (χ0v) is 17.1. The lowest BCUT2D eigenvalue weighted by Crippen LogP contribution is -2.53. The fraction of sp³-hybridized carbons (Fsp3) is 0.167. The first-order valence-corrected chi connectivity index (χ1v) is 9.93. The first kappa shape index (κ1) is 19.2. The zero-order valence-electron chi connectivity index (χ0n) is 17.1. The Kier molecular flexibility index (Phi) is 4.28. The van der Waals surface area contributed by atoms with E-state index in [0.717, 1.165) is 12.0 Å². The molecule has 3 aromatic carbocycles. The summed E-state index contributed by atoms with van der Waals surface area (Å²) in [5, 5.41) is 7.37. The molecule has 1 aromatic heterocycles. The van der Waals surface area contributed by atoms with E-state index in [1.165, 1.54) is 12.1 Å². The molecule has 0 unspecified atom stereocenters. The molecule has 0 atom stereocenters. The highest BCUT2D eigenvalue weighted by Gasteiger charge is 2.40. The van der Waals surface area contributed by atoms with Crippen molar-refractivity contribution in [1.82, 2.24) is 10.2 Å². The summed E-state index contributed by atoms with van der Waals surface area (Å²) in [5.41, 5.74) is 2.75. The number of benzene rings is 3. The average Bonchev–Trinajstić information content (AvgIpc) is 3.22. The Hall–Kier alpha value is -3.74. The normalized spacial score (nSPS) is 15.2. The van der Waals surface area contributed by atoms with Gasteiger partial charge in [0, 0.05) is 28.9 Å². The van der Waals surface area contributed by atoms with Crippen LogP contribution in [0.3, 0.4) is 0 Å². The number of aromatic amines is 1. The molecule has 0 bridgehead atoms. The summed E-state index contributed by atoms with van der Waals surface area (Å²) in [4.78, 5) is 14.9. The SMILES string of the molecule is CC1(C)CN(c2ccc(C=O)cc2)c2c(cc3cn[nH]c3c2F)N1c1cccc(F)c1. The number of aldehydes is 1. The van der Waals surface area contributed by atoms with Gasteiger partial charge in [-0.1, -0.05) is 6.07 Å². The van der Waals surface area contributed by atoms with Crippen LogP contribution in [0.25, 0.3) is 10.9 Å². The van der Waals surface area contributed by atoms with Crippen LogP contribution in [0.5, 0.6) is 0 Å². The number of carbonyl (C=O) groups is 1. The van der Waals surface area contributed by atoms with Gasteiger partial charge in [-0.2, -0.15) is 5.10 Å². The number of H-pyrrole nitrogens is 1. The Morgan fingerprint density at radius 2 is 1.84 bits per heavy atom. The van der Waals surface area contributed by atoms with Crippen LogP contribution in [0, 0.1) is 11.6 Å². The minimum Gasteiger partial charge on any atom is -0.335 e. The second kappa shape index (κ2) is 6.91.